The van der Waals surface area contributed by atoms with Crippen molar-refractivity contribution in [1.29, 1.82) is 0 Å². The standard InChI is InChI=1S/C32H41N5O7/c1-5-43-31(41)37-17-15-36(16-18-37)30(40)24(11-12-27(38)44-32(2,3)4)35-29(39)26-21-25(22-13-19-42-20-14-22)33-28(34-26)23-9-7-6-8-10-23/h6-10,13,21,24H,5,11-12,14-20H2,1-4H3,(H,35,39). The van der Waals surface area contributed by atoms with Gasteiger partial charge in [0.15, 0.2) is 5.82 Å². The number of hydrogen-bond donors (Lipinski definition) is 1. The second kappa shape index (κ2) is 14.9. The number of amides is 3. The zero-order valence-corrected chi connectivity index (χ0v) is 25.8. The highest BCUT2D eigenvalue weighted by molar-refractivity contribution is 5.97. The number of hydrogen-bond acceptors (Lipinski definition) is 9. The molecular formula is C32H41N5O7. The van der Waals surface area contributed by atoms with E-state index in [2.05, 4.69) is 10.3 Å². The average molecular weight is 608 g/mol. The minimum atomic E-state index is -1.02. The third kappa shape index (κ3) is 9.09. The summed E-state index contributed by atoms with van der Waals surface area (Å²) in [5, 5.41) is 2.83. The van der Waals surface area contributed by atoms with E-state index in [0.29, 0.717) is 44.2 Å². The highest BCUT2D eigenvalue weighted by atomic mass is 16.6. The second-order valence-electron chi connectivity index (χ2n) is 11.5. The SMILES string of the molecule is CCOC(=O)N1CCN(C(=O)C(CCC(=O)OC(C)(C)C)NC(=O)c2cc(C3=CCOCC3)nc(-c3ccccc3)n2)CC1. The van der Waals surface area contributed by atoms with Crippen LogP contribution in [0.3, 0.4) is 0 Å². The third-order valence-electron chi connectivity index (χ3n) is 7.06. The zero-order chi connectivity index (χ0) is 31.7. The van der Waals surface area contributed by atoms with E-state index in [1.807, 2.05) is 36.4 Å². The molecule has 1 aromatic heterocycles. The molecule has 236 valence electrons. The van der Waals surface area contributed by atoms with Gasteiger partial charge >= 0.3 is 12.1 Å². The van der Waals surface area contributed by atoms with E-state index in [1.54, 1.807) is 43.6 Å². The second-order valence-corrected chi connectivity index (χ2v) is 11.5. The predicted molar refractivity (Wildman–Crippen MR) is 162 cm³/mol. The van der Waals surface area contributed by atoms with Crippen LogP contribution in [0.4, 0.5) is 4.79 Å². The molecule has 3 heterocycles. The van der Waals surface area contributed by atoms with Crippen molar-refractivity contribution in [1.82, 2.24) is 25.1 Å². The molecule has 4 rings (SSSR count). The van der Waals surface area contributed by atoms with Crippen molar-refractivity contribution in [3.8, 4) is 11.4 Å². The molecule has 12 nitrogen and oxygen atoms in total. The summed E-state index contributed by atoms with van der Waals surface area (Å²) in [5.74, 6) is -1.01. The quantitative estimate of drug-likeness (QED) is 0.424. The summed E-state index contributed by atoms with van der Waals surface area (Å²) in [6.45, 7) is 9.42. The normalized spacial score (nSPS) is 16.0. The fraction of sp³-hybridized carbons (Fsp3) is 0.500. The molecule has 0 radical (unpaired) electrons. The largest absolute Gasteiger partial charge is 0.460 e. The lowest BCUT2D eigenvalue weighted by Gasteiger charge is -2.36. The van der Waals surface area contributed by atoms with E-state index in [1.165, 1.54) is 0 Å². The first kappa shape index (κ1) is 32.6. The van der Waals surface area contributed by atoms with E-state index in [9.17, 15) is 19.2 Å². The summed E-state index contributed by atoms with van der Waals surface area (Å²) in [7, 11) is 0. The van der Waals surface area contributed by atoms with Gasteiger partial charge in [-0.25, -0.2) is 14.8 Å². The van der Waals surface area contributed by atoms with Gasteiger partial charge < -0.3 is 29.3 Å². The van der Waals surface area contributed by atoms with Crippen LogP contribution in [0.15, 0.2) is 42.5 Å². The van der Waals surface area contributed by atoms with Crippen LogP contribution in [-0.2, 0) is 23.8 Å². The number of rotatable bonds is 9. The number of benzene rings is 1. The summed E-state index contributed by atoms with van der Waals surface area (Å²) in [5.41, 5.74) is 1.71. The minimum Gasteiger partial charge on any atom is -0.460 e. The molecule has 1 N–H and O–H groups in total. The van der Waals surface area contributed by atoms with Crippen molar-refractivity contribution in [3.05, 3.63) is 53.9 Å². The van der Waals surface area contributed by atoms with Gasteiger partial charge in [0.2, 0.25) is 5.91 Å². The van der Waals surface area contributed by atoms with Crippen LogP contribution in [0.1, 0.15) is 63.1 Å². The number of nitrogens with one attached hydrogen (secondary N) is 1. The average Bonchev–Trinajstić information content (AvgIpc) is 3.02. The van der Waals surface area contributed by atoms with Gasteiger partial charge in [-0.2, -0.15) is 0 Å². The number of piperazine rings is 1. The molecule has 1 saturated heterocycles. The maximum Gasteiger partial charge on any atom is 0.409 e. The molecule has 0 aliphatic carbocycles. The van der Waals surface area contributed by atoms with Gasteiger partial charge in [0.25, 0.3) is 5.91 Å². The van der Waals surface area contributed by atoms with Crippen LogP contribution in [0.2, 0.25) is 0 Å². The van der Waals surface area contributed by atoms with E-state index >= 15 is 0 Å². The Hall–Kier alpha value is -4.32. The minimum absolute atomic E-state index is 0.0313. The van der Waals surface area contributed by atoms with Crippen LogP contribution in [-0.4, -0.2) is 101 Å². The van der Waals surface area contributed by atoms with Crippen LogP contribution in [0.25, 0.3) is 17.0 Å². The number of carbonyl (C=O) groups excluding carboxylic acids is 4. The molecule has 44 heavy (non-hydrogen) atoms. The smallest absolute Gasteiger partial charge is 0.409 e. The third-order valence-corrected chi connectivity index (χ3v) is 7.06. The maximum absolute atomic E-state index is 13.7. The Balaban J connectivity index is 1.57. The molecule has 2 aromatic rings. The van der Waals surface area contributed by atoms with Crippen LogP contribution < -0.4 is 5.32 Å². The Morgan fingerprint density at radius 2 is 1.73 bits per heavy atom. The molecule has 2 aliphatic rings. The Labute approximate surface area is 257 Å². The summed E-state index contributed by atoms with van der Waals surface area (Å²) in [4.78, 5) is 64.6. The first-order valence-electron chi connectivity index (χ1n) is 15.0. The fourth-order valence-electron chi connectivity index (χ4n) is 4.89. The topological polar surface area (TPSA) is 140 Å². The van der Waals surface area contributed by atoms with Gasteiger partial charge in [0, 0.05) is 38.2 Å². The van der Waals surface area contributed by atoms with E-state index in [4.69, 9.17) is 19.2 Å². The molecular weight excluding hydrogens is 566 g/mol. The molecule has 12 heteroatoms. The molecule has 1 fully saturated rings. The van der Waals surface area contributed by atoms with Crippen molar-refractivity contribution in [2.24, 2.45) is 0 Å². The summed E-state index contributed by atoms with van der Waals surface area (Å²) < 4.78 is 16.0. The highest BCUT2D eigenvalue weighted by Gasteiger charge is 2.32. The lowest BCUT2D eigenvalue weighted by atomic mass is 10.1. The maximum atomic E-state index is 13.7. The van der Waals surface area contributed by atoms with Crippen molar-refractivity contribution in [2.45, 2.75) is 58.6 Å². The van der Waals surface area contributed by atoms with E-state index in [-0.39, 0.29) is 44.1 Å². The Morgan fingerprint density at radius 3 is 2.36 bits per heavy atom. The molecule has 3 amide bonds. The number of nitrogens with zero attached hydrogens (tertiary/aromatic N) is 4. The van der Waals surface area contributed by atoms with Crippen molar-refractivity contribution < 1.29 is 33.4 Å². The lowest BCUT2D eigenvalue weighted by Crippen LogP contribution is -2.56. The lowest BCUT2D eigenvalue weighted by molar-refractivity contribution is -0.155. The monoisotopic (exact) mass is 607 g/mol. The Kier molecular flexibility index (Phi) is 11.0. The molecule has 2 aliphatic heterocycles. The summed E-state index contributed by atoms with van der Waals surface area (Å²) in [6, 6.07) is 9.94. The van der Waals surface area contributed by atoms with Gasteiger partial charge in [-0.05, 0) is 52.2 Å². The van der Waals surface area contributed by atoms with E-state index in [0.717, 1.165) is 11.1 Å². The molecule has 1 atom stereocenters. The van der Waals surface area contributed by atoms with Gasteiger partial charge in [0.05, 0.1) is 25.5 Å². The van der Waals surface area contributed by atoms with Gasteiger partial charge in [-0.15, -0.1) is 0 Å². The predicted octanol–water partition coefficient (Wildman–Crippen LogP) is 3.47. The van der Waals surface area contributed by atoms with Crippen LogP contribution in [0.5, 0.6) is 0 Å². The number of carbonyl (C=O) groups is 4. The number of aromatic nitrogens is 2. The summed E-state index contributed by atoms with van der Waals surface area (Å²) >= 11 is 0. The van der Waals surface area contributed by atoms with Gasteiger partial charge in [0.1, 0.15) is 17.3 Å². The van der Waals surface area contributed by atoms with E-state index < -0.39 is 29.6 Å². The zero-order valence-electron chi connectivity index (χ0n) is 25.8. The number of ether oxygens (including phenoxy) is 3. The van der Waals surface area contributed by atoms with Gasteiger partial charge in [-0.3, -0.25) is 14.4 Å². The van der Waals surface area contributed by atoms with Gasteiger partial charge in [-0.1, -0.05) is 36.4 Å². The number of esters is 1. The molecule has 1 aromatic carbocycles. The molecule has 1 unspecified atom stereocenters. The Bertz CT molecular complexity index is 1360. The summed E-state index contributed by atoms with van der Waals surface area (Å²) in [6.07, 6.45) is 2.10. The van der Waals surface area contributed by atoms with Crippen LogP contribution in [0, 0.1) is 0 Å². The molecule has 0 saturated carbocycles. The fourth-order valence-corrected chi connectivity index (χ4v) is 4.89. The van der Waals surface area contributed by atoms with Crippen LogP contribution >= 0.6 is 0 Å². The Morgan fingerprint density at radius 1 is 1.02 bits per heavy atom. The first-order valence-corrected chi connectivity index (χ1v) is 15.0. The molecule has 0 bridgehead atoms. The van der Waals surface area contributed by atoms with Crippen molar-refractivity contribution in [3.63, 3.8) is 0 Å². The van der Waals surface area contributed by atoms with Crippen molar-refractivity contribution >= 4 is 29.5 Å². The first-order chi connectivity index (χ1) is 21.0. The molecule has 0 spiro atoms. The van der Waals surface area contributed by atoms with Crippen molar-refractivity contribution in [2.75, 3.05) is 46.0 Å². The highest BCUT2D eigenvalue weighted by Crippen LogP contribution is 2.24.